The lowest BCUT2D eigenvalue weighted by Crippen LogP contribution is -2.56. The van der Waals surface area contributed by atoms with Crippen LogP contribution in [0, 0.1) is 23.6 Å². The van der Waals surface area contributed by atoms with Gasteiger partial charge in [0.1, 0.15) is 11.9 Å². The zero-order valence-electron chi connectivity index (χ0n) is 23.6. The first-order chi connectivity index (χ1) is 18.8. The van der Waals surface area contributed by atoms with Crippen LogP contribution in [0.15, 0.2) is 73.0 Å². The quantitative estimate of drug-likeness (QED) is 0.317. The number of hydrogen-bond acceptors (Lipinski definition) is 3. The predicted octanol–water partition coefficient (Wildman–Crippen LogP) is 6.54. The maximum Gasteiger partial charge on any atom is 0.251 e. The first kappa shape index (κ1) is 28.6. The van der Waals surface area contributed by atoms with E-state index in [-0.39, 0.29) is 17.6 Å². The van der Waals surface area contributed by atoms with Gasteiger partial charge in [0.05, 0.1) is 0 Å². The molecule has 2 fully saturated rings. The average molecular weight is 532 g/mol. The third kappa shape index (κ3) is 7.59. The van der Waals surface area contributed by atoms with Gasteiger partial charge in [-0.05, 0) is 91.5 Å². The van der Waals surface area contributed by atoms with E-state index >= 15 is 0 Å². The predicted molar refractivity (Wildman–Crippen MR) is 156 cm³/mol. The van der Waals surface area contributed by atoms with Crippen LogP contribution in [0.5, 0.6) is 0 Å². The first-order valence-corrected chi connectivity index (χ1v) is 14.2. The van der Waals surface area contributed by atoms with E-state index < -0.39 is 6.04 Å². The van der Waals surface area contributed by atoms with E-state index in [0.717, 1.165) is 38.0 Å². The molecule has 1 heterocycles. The van der Waals surface area contributed by atoms with Crippen molar-refractivity contribution in [2.75, 3.05) is 25.0 Å². The fraction of sp³-hybridized carbons (Fsp3) is 0.455. The number of rotatable bonds is 12. The molecular formula is C33H42FN3O2. The smallest absolute Gasteiger partial charge is 0.251 e. The summed E-state index contributed by atoms with van der Waals surface area (Å²) >= 11 is 0. The molecule has 0 unspecified atom stereocenters. The van der Waals surface area contributed by atoms with Gasteiger partial charge >= 0.3 is 0 Å². The van der Waals surface area contributed by atoms with Gasteiger partial charge in [0.15, 0.2) is 0 Å². The standard InChI is InChI=1S/C33H42FN3O2/c1-5-6-7-19-36(4)28-17-13-26(14-18-28)32(38)35-31(33(39)37-21-23(2)22-37)10-8-9-24(3)29-20-30(29)25-11-15-27(34)16-12-25/h5-7,11-19,23-24,29-31H,8-10,20-22H2,1-4H3,(H,35,38)/b6-5+,19-7-/t24-,29+,30+,31+/m1/s1. The van der Waals surface area contributed by atoms with Crippen LogP contribution in [0.25, 0.3) is 0 Å². The molecule has 208 valence electrons. The summed E-state index contributed by atoms with van der Waals surface area (Å²) in [6, 6.07) is 13.8. The highest BCUT2D eigenvalue weighted by Gasteiger charge is 2.41. The Morgan fingerprint density at radius 3 is 2.41 bits per heavy atom. The van der Waals surface area contributed by atoms with Gasteiger partial charge in [-0.1, -0.05) is 51.0 Å². The summed E-state index contributed by atoms with van der Waals surface area (Å²) in [7, 11) is 1.96. The Balaban J connectivity index is 1.32. The number of likely N-dealkylation sites (tertiary alicyclic amines) is 1. The van der Waals surface area contributed by atoms with Gasteiger partial charge < -0.3 is 15.1 Å². The minimum Gasteiger partial charge on any atom is -0.351 e. The maximum absolute atomic E-state index is 13.3. The molecule has 39 heavy (non-hydrogen) atoms. The number of carbonyl (C=O) groups excluding carboxylic acids is 2. The van der Waals surface area contributed by atoms with E-state index in [1.165, 1.54) is 5.56 Å². The molecule has 0 bridgehead atoms. The first-order valence-electron chi connectivity index (χ1n) is 14.2. The molecule has 4 atom stereocenters. The van der Waals surface area contributed by atoms with E-state index in [1.807, 2.05) is 84.6 Å². The third-order valence-corrected chi connectivity index (χ3v) is 8.15. The largest absolute Gasteiger partial charge is 0.351 e. The van der Waals surface area contributed by atoms with Gasteiger partial charge in [-0.15, -0.1) is 0 Å². The molecule has 1 aliphatic carbocycles. The summed E-state index contributed by atoms with van der Waals surface area (Å²) in [5, 5.41) is 3.04. The number of halogens is 1. The minimum atomic E-state index is -0.518. The molecule has 5 nitrogen and oxygen atoms in total. The molecule has 1 saturated carbocycles. The summed E-state index contributed by atoms with van der Waals surface area (Å²) in [5.74, 6) is 1.74. The van der Waals surface area contributed by atoms with Crippen LogP contribution in [0.3, 0.4) is 0 Å². The van der Waals surface area contributed by atoms with Crippen molar-refractivity contribution in [2.45, 2.75) is 58.4 Å². The molecular weight excluding hydrogens is 489 g/mol. The Kier molecular flexibility index (Phi) is 9.60. The Hall–Kier alpha value is -3.41. The van der Waals surface area contributed by atoms with Crippen molar-refractivity contribution < 1.29 is 14.0 Å². The molecule has 1 aliphatic heterocycles. The molecule has 2 aromatic carbocycles. The second kappa shape index (κ2) is 13.1. The Morgan fingerprint density at radius 2 is 1.77 bits per heavy atom. The van der Waals surface area contributed by atoms with Crippen molar-refractivity contribution in [1.29, 1.82) is 0 Å². The van der Waals surface area contributed by atoms with Crippen LogP contribution < -0.4 is 10.2 Å². The van der Waals surface area contributed by atoms with E-state index in [1.54, 1.807) is 12.1 Å². The molecule has 1 N–H and O–H groups in total. The SMILES string of the molecule is C/C=C/C=C\N(C)c1ccc(C(=O)N[C@@H](CCC[C@@H](C)[C@@H]2C[C@H]2c2ccc(F)cc2)C(=O)N2CC(C)C2)cc1. The lowest BCUT2D eigenvalue weighted by Gasteiger charge is -2.39. The van der Waals surface area contributed by atoms with Crippen molar-refractivity contribution >= 4 is 17.5 Å². The molecule has 4 rings (SSSR count). The van der Waals surface area contributed by atoms with Gasteiger partial charge in [0, 0.05) is 37.6 Å². The number of amides is 2. The molecule has 2 aliphatic rings. The van der Waals surface area contributed by atoms with Gasteiger partial charge in [-0.3, -0.25) is 9.59 Å². The third-order valence-electron chi connectivity index (χ3n) is 8.15. The minimum absolute atomic E-state index is 0.0233. The van der Waals surface area contributed by atoms with Crippen molar-refractivity contribution in [2.24, 2.45) is 17.8 Å². The molecule has 0 spiro atoms. The zero-order valence-corrected chi connectivity index (χ0v) is 23.6. The van der Waals surface area contributed by atoms with Crippen molar-refractivity contribution in [3.63, 3.8) is 0 Å². The molecule has 2 aromatic rings. The van der Waals surface area contributed by atoms with Gasteiger partial charge in [-0.2, -0.15) is 0 Å². The average Bonchev–Trinajstić information content (AvgIpc) is 3.72. The van der Waals surface area contributed by atoms with Gasteiger partial charge in [0.2, 0.25) is 5.91 Å². The topological polar surface area (TPSA) is 52.7 Å². The van der Waals surface area contributed by atoms with Gasteiger partial charge in [0.25, 0.3) is 5.91 Å². The van der Waals surface area contributed by atoms with Crippen LogP contribution in [-0.4, -0.2) is 42.9 Å². The van der Waals surface area contributed by atoms with Crippen molar-refractivity contribution in [3.05, 3.63) is 89.9 Å². The number of anilines is 1. The van der Waals surface area contributed by atoms with E-state index in [2.05, 4.69) is 19.2 Å². The highest BCUT2D eigenvalue weighted by molar-refractivity contribution is 5.97. The molecule has 1 saturated heterocycles. The van der Waals surface area contributed by atoms with Gasteiger partial charge in [-0.25, -0.2) is 4.39 Å². The number of hydrogen-bond donors (Lipinski definition) is 1. The summed E-state index contributed by atoms with van der Waals surface area (Å²) in [4.78, 5) is 30.2. The normalized spacial score (nSPS) is 20.6. The van der Waals surface area contributed by atoms with Crippen molar-refractivity contribution in [3.8, 4) is 0 Å². The highest BCUT2D eigenvalue weighted by atomic mass is 19.1. The van der Waals surface area contributed by atoms with E-state index in [9.17, 15) is 14.0 Å². The second-order valence-electron chi connectivity index (χ2n) is 11.4. The zero-order chi connectivity index (χ0) is 27.9. The van der Waals surface area contributed by atoms with Crippen LogP contribution >= 0.6 is 0 Å². The lowest BCUT2D eigenvalue weighted by atomic mass is 9.93. The monoisotopic (exact) mass is 531 g/mol. The van der Waals surface area contributed by atoms with Crippen molar-refractivity contribution in [1.82, 2.24) is 10.2 Å². The number of nitrogens with zero attached hydrogens (tertiary/aromatic N) is 2. The lowest BCUT2D eigenvalue weighted by molar-refractivity contribution is -0.139. The summed E-state index contributed by atoms with van der Waals surface area (Å²) in [6.07, 6.45) is 11.5. The molecule has 6 heteroatoms. The molecule has 2 amide bonds. The molecule has 0 aromatic heterocycles. The summed E-state index contributed by atoms with van der Waals surface area (Å²) in [5.41, 5.74) is 2.74. The number of carbonyl (C=O) groups is 2. The fourth-order valence-corrected chi connectivity index (χ4v) is 5.62. The van der Waals surface area contributed by atoms with Crippen LogP contribution in [0.2, 0.25) is 0 Å². The Morgan fingerprint density at radius 1 is 1.08 bits per heavy atom. The van der Waals surface area contributed by atoms with Crippen LogP contribution in [0.4, 0.5) is 10.1 Å². The number of nitrogens with one attached hydrogen (secondary N) is 1. The van der Waals surface area contributed by atoms with Crippen LogP contribution in [-0.2, 0) is 4.79 Å². The highest BCUT2D eigenvalue weighted by Crippen LogP contribution is 2.52. The van der Waals surface area contributed by atoms with Crippen LogP contribution in [0.1, 0.15) is 68.3 Å². The number of benzene rings is 2. The maximum atomic E-state index is 13.3. The second-order valence-corrected chi connectivity index (χ2v) is 11.4. The van der Waals surface area contributed by atoms with E-state index in [0.29, 0.717) is 35.7 Å². The Bertz CT molecular complexity index is 1170. The molecule has 0 radical (unpaired) electrons. The Labute approximate surface area is 232 Å². The fourth-order valence-electron chi connectivity index (χ4n) is 5.62. The number of allylic oxidation sites excluding steroid dienone is 3. The summed E-state index contributed by atoms with van der Waals surface area (Å²) < 4.78 is 13.3. The van der Waals surface area contributed by atoms with E-state index in [4.69, 9.17) is 0 Å². The summed E-state index contributed by atoms with van der Waals surface area (Å²) in [6.45, 7) is 7.89.